The minimum Gasteiger partial charge on any atom is -0.326 e. The largest absolute Gasteiger partial charge is 0.326 e. The molecule has 0 bridgehead atoms. The molecular formula is C12H16ClN3. The first kappa shape index (κ1) is 12.7. The summed E-state index contributed by atoms with van der Waals surface area (Å²) in [5, 5.41) is 4.49. The maximum atomic E-state index is 5.69. The van der Waals surface area contributed by atoms with Gasteiger partial charge in [0.2, 0.25) is 0 Å². The van der Waals surface area contributed by atoms with Crippen molar-refractivity contribution in [1.29, 1.82) is 0 Å². The highest BCUT2D eigenvalue weighted by atomic mass is 35.5. The zero-order valence-electron chi connectivity index (χ0n) is 9.47. The third-order valence-electron chi connectivity index (χ3n) is 2.65. The number of nitrogens with zero attached hydrogens (tertiary/aromatic N) is 2. The number of nitrogens with two attached hydrogens (primary N) is 1. The number of hydrogen-bond donors (Lipinski definition) is 1. The summed E-state index contributed by atoms with van der Waals surface area (Å²) in [4.78, 5) is 0. The van der Waals surface area contributed by atoms with E-state index in [4.69, 9.17) is 5.73 Å². The van der Waals surface area contributed by atoms with Crippen molar-refractivity contribution in [3.8, 4) is 5.69 Å². The van der Waals surface area contributed by atoms with Gasteiger partial charge in [-0.15, -0.1) is 12.4 Å². The lowest BCUT2D eigenvalue weighted by Crippen LogP contribution is -2.01. The van der Waals surface area contributed by atoms with Crippen molar-refractivity contribution in [1.82, 2.24) is 9.78 Å². The number of rotatable bonds is 2. The van der Waals surface area contributed by atoms with E-state index in [9.17, 15) is 0 Å². The SMILES string of the molecule is Cc1nn(-c2ccccc2)c(C)c1CN.Cl. The smallest absolute Gasteiger partial charge is 0.0648 e. The molecule has 2 rings (SSSR count). The molecule has 4 heteroatoms. The standard InChI is InChI=1S/C12H15N3.ClH/c1-9-12(8-13)10(2)15(14-9)11-6-4-3-5-7-11;/h3-7H,8,13H2,1-2H3;1H. The van der Waals surface area contributed by atoms with Crippen LogP contribution in [0.5, 0.6) is 0 Å². The molecule has 1 heterocycles. The summed E-state index contributed by atoms with van der Waals surface area (Å²) < 4.78 is 1.94. The first-order valence-corrected chi connectivity index (χ1v) is 5.04. The maximum absolute atomic E-state index is 5.69. The van der Waals surface area contributed by atoms with Crippen molar-refractivity contribution in [2.45, 2.75) is 20.4 Å². The van der Waals surface area contributed by atoms with Gasteiger partial charge >= 0.3 is 0 Å². The van der Waals surface area contributed by atoms with E-state index in [1.165, 1.54) is 0 Å². The van der Waals surface area contributed by atoms with Crippen LogP contribution in [-0.2, 0) is 6.54 Å². The highest BCUT2D eigenvalue weighted by Gasteiger charge is 2.10. The van der Waals surface area contributed by atoms with Crippen LogP contribution < -0.4 is 5.73 Å². The predicted octanol–water partition coefficient (Wildman–Crippen LogP) is 2.37. The third kappa shape index (κ3) is 2.10. The minimum atomic E-state index is 0. The first-order valence-electron chi connectivity index (χ1n) is 5.04. The van der Waals surface area contributed by atoms with Crippen LogP contribution in [0.2, 0.25) is 0 Å². The number of aromatic nitrogens is 2. The van der Waals surface area contributed by atoms with Gasteiger partial charge < -0.3 is 5.73 Å². The summed E-state index contributed by atoms with van der Waals surface area (Å²) in [6.07, 6.45) is 0. The summed E-state index contributed by atoms with van der Waals surface area (Å²) in [5.41, 5.74) is 10.0. The molecule has 3 nitrogen and oxygen atoms in total. The second-order valence-electron chi connectivity index (χ2n) is 3.60. The lowest BCUT2D eigenvalue weighted by Gasteiger charge is -2.03. The Morgan fingerprint density at radius 1 is 1.19 bits per heavy atom. The molecule has 0 aliphatic heterocycles. The highest BCUT2D eigenvalue weighted by Crippen LogP contribution is 2.16. The Hall–Kier alpha value is -1.32. The Kier molecular flexibility index (Phi) is 4.10. The number of benzene rings is 1. The molecule has 0 saturated heterocycles. The lowest BCUT2D eigenvalue weighted by molar-refractivity contribution is 0.832. The molecule has 1 aromatic heterocycles. The molecule has 2 aromatic rings. The van der Waals surface area contributed by atoms with E-state index in [0.29, 0.717) is 6.54 Å². The zero-order valence-corrected chi connectivity index (χ0v) is 10.3. The van der Waals surface area contributed by atoms with E-state index < -0.39 is 0 Å². The summed E-state index contributed by atoms with van der Waals surface area (Å²) >= 11 is 0. The van der Waals surface area contributed by atoms with Crippen LogP contribution in [-0.4, -0.2) is 9.78 Å². The molecule has 0 saturated carbocycles. The Morgan fingerprint density at radius 3 is 2.31 bits per heavy atom. The van der Waals surface area contributed by atoms with Crippen LogP contribution in [0.25, 0.3) is 5.69 Å². The molecular weight excluding hydrogens is 222 g/mol. The first-order chi connectivity index (χ1) is 7.24. The van der Waals surface area contributed by atoms with Crippen LogP contribution in [0.3, 0.4) is 0 Å². The number of hydrogen-bond acceptors (Lipinski definition) is 2. The van der Waals surface area contributed by atoms with Crippen LogP contribution in [0, 0.1) is 13.8 Å². The molecule has 0 unspecified atom stereocenters. The number of aryl methyl sites for hydroxylation is 1. The van der Waals surface area contributed by atoms with Gasteiger partial charge in [-0.1, -0.05) is 18.2 Å². The van der Waals surface area contributed by atoms with E-state index >= 15 is 0 Å². The Labute approximate surface area is 102 Å². The third-order valence-corrected chi connectivity index (χ3v) is 2.65. The quantitative estimate of drug-likeness (QED) is 0.872. The minimum absolute atomic E-state index is 0. The fraction of sp³-hybridized carbons (Fsp3) is 0.250. The molecule has 0 spiro atoms. The average Bonchev–Trinajstić information content (AvgIpc) is 2.55. The summed E-state index contributed by atoms with van der Waals surface area (Å²) in [6, 6.07) is 10.1. The van der Waals surface area contributed by atoms with Gasteiger partial charge in [-0.3, -0.25) is 0 Å². The average molecular weight is 238 g/mol. The fourth-order valence-corrected chi connectivity index (χ4v) is 1.79. The normalized spacial score (nSPS) is 9.94. The molecule has 0 aliphatic rings. The van der Waals surface area contributed by atoms with Gasteiger partial charge in [-0.2, -0.15) is 5.10 Å². The molecule has 1 aromatic carbocycles. The summed E-state index contributed by atoms with van der Waals surface area (Å²) in [6.45, 7) is 4.59. The van der Waals surface area contributed by atoms with Crippen molar-refractivity contribution in [3.05, 3.63) is 47.3 Å². The van der Waals surface area contributed by atoms with Gasteiger partial charge in [-0.05, 0) is 26.0 Å². The van der Waals surface area contributed by atoms with Crippen LogP contribution in [0.1, 0.15) is 17.0 Å². The van der Waals surface area contributed by atoms with Crippen molar-refractivity contribution < 1.29 is 0 Å². The van der Waals surface area contributed by atoms with Gasteiger partial charge in [0.25, 0.3) is 0 Å². The second kappa shape index (κ2) is 5.14. The monoisotopic (exact) mass is 237 g/mol. The summed E-state index contributed by atoms with van der Waals surface area (Å²) in [5.74, 6) is 0. The Balaban J connectivity index is 0.00000128. The topological polar surface area (TPSA) is 43.8 Å². The summed E-state index contributed by atoms with van der Waals surface area (Å²) in [7, 11) is 0. The van der Waals surface area contributed by atoms with Crippen LogP contribution in [0.4, 0.5) is 0 Å². The van der Waals surface area contributed by atoms with Crippen molar-refractivity contribution in [2.75, 3.05) is 0 Å². The molecule has 0 radical (unpaired) electrons. The van der Waals surface area contributed by atoms with Gasteiger partial charge in [0.1, 0.15) is 0 Å². The van der Waals surface area contributed by atoms with Gasteiger partial charge in [0.05, 0.1) is 11.4 Å². The molecule has 0 atom stereocenters. The van der Waals surface area contributed by atoms with Gasteiger partial charge in [0, 0.05) is 17.8 Å². The molecule has 16 heavy (non-hydrogen) atoms. The van der Waals surface area contributed by atoms with E-state index in [2.05, 4.69) is 12.0 Å². The van der Waals surface area contributed by atoms with Crippen LogP contribution in [0.15, 0.2) is 30.3 Å². The second-order valence-corrected chi connectivity index (χ2v) is 3.60. The molecule has 0 fully saturated rings. The lowest BCUT2D eigenvalue weighted by atomic mass is 10.2. The molecule has 0 aliphatic carbocycles. The highest BCUT2D eigenvalue weighted by molar-refractivity contribution is 5.85. The molecule has 2 N–H and O–H groups in total. The van der Waals surface area contributed by atoms with E-state index in [1.54, 1.807) is 0 Å². The van der Waals surface area contributed by atoms with E-state index in [-0.39, 0.29) is 12.4 Å². The molecule has 86 valence electrons. The van der Waals surface area contributed by atoms with E-state index in [1.807, 2.05) is 41.9 Å². The van der Waals surface area contributed by atoms with Crippen molar-refractivity contribution >= 4 is 12.4 Å². The van der Waals surface area contributed by atoms with Crippen molar-refractivity contribution in [2.24, 2.45) is 5.73 Å². The number of para-hydroxylation sites is 1. The molecule has 0 amide bonds. The predicted molar refractivity (Wildman–Crippen MR) is 68.2 cm³/mol. The van der Waals surface area contributed by atoms with Crippen molar-refractivity contribution in [3.63, 3.8) is 0 Å². The zero-order chi connectivity index (χ0) is 10.8. The maximum Gasteiger partial charge on any atom is 0.0648 e. The van der Waals surface area contributed by atoms with Crippen LogP contribution >= 0.6 is 12.4 Å². The Morgan fingerprint density at radius 2 is 1.81 bits per heavy atom. The fourth-order valence-electron chi connectivity index (χ4n) is 1.79. The Bertz CT molecular complexity index is 463. The van der Waals surface area contributed by atoms with E-state index in [0.717, 1.165) is 22.6 Å². The van der Waals surface area contributed by atoms with Gasteiger partial charge in [0.15, 0.2) is 0 Å². The number of halogens is 1. The van der Waals surface area contributed by atoms with Gasteiger partial charge in [-0.25, -0.2) is 4.68 Å².